The van der Waals surface area contributed by atoms with Crippen LogP contribution in [0.15, 0.2) is 24.3 Å². The van der Waals surface area contributed by atoms with E-state index >= 15 is 0 Å². The van der Waals surface area contributed by atoms with Gasteiger partial charge >= 0.3 is 5.97 Å². The van der Waals surface area contributed by atoms with Crippen molar-refractivity contribution in [3.8, 4) is 5.75 Å². The Balaban J connectivity index is 2.27. The number of aliphatic carboxylic acids is 1. The van der Waals surface area contributed by atoms with Crippen LogP contribution in [0.3, 0.4) is 0 Å². The molecule has 102 valence electrons. The van der Waals surface area contributed by atoms with Gasteiger partial charge in [0.2, 0.25) is 5.91 Å². The van der Waals surface area contributed by atoms with Gasteiger partial charge in [-0.2, -0.15) is 0 Å². The standard InChI is InChI=1S/C14H17NO4/c1-9(16)15-8-7-12(13(15)14(17)18)10-3-5-11(19-2)6-4-10/h3-6,12-13H,7-8H2,1-2H3,(H,17,18)/t12?,13-/m0/s1. The Bertz CT molecular complexity index is 483. The molecule has 1 saturated heterocycles. The number of rotatable bonds is 3. The Morgan fingerprint density at radius 3 is 2.42 bits per heavy atom. The number of carbonyl (C=O) groups is 2. The molecular formula is C14H17NO4. The third kappa shape index (κ3) is 2.54. The summed E-state index contributed by atoms with van der Waals surface area (Å²) in [6, 6.07) is 6.58. The summed E-state index contributed by atoms with van der Waals surface area (Å²) in [6.07, 6.45) is 0.670. The maximum Gasteiger partial charge on any atom is 0.327 e. The number of hydrogen-bond acceptors (Lipinski definition) is 3. The first kappa shape index (κ1) is 13.4. The highest BCUT2D eigenvalue weighted by Gasteiger charge is 2.41. The van der Waals surface area contributed by atoms with Gasteiger partial charge in [-0.15, -0.1) is 0 Å². The Kier molecular flexibility index (Phi) is 3.74. The van der Waals surface area contributed by atoms with Crippen LogP contribution in [0.4, 0.5) is 0 Å². The average molecular weight is 263 g/mol. The summed E-state index contributed by atoms with van der Waals surface area (Å²) in [6.45, 7) is 1.90. The molecule has 2 rings (SSSR count). The molecule has 0 radical (unpaired) electrons. The molecule has 0 spiro atoms. The minimum atomic E-state index is -0.950. The molecule has 1 aliphatic heterocycles. The minimum absolute atomic E-state index is 0.160. The van der Waals surface area contributed by atoms with Crippen molar-refractivity contribution >= 4 is 11.9 Å². The van der Waals surface area contributed by atoms with Gasteiger partial charge in [0.05, 0.1) is 7.11 Å². The van der Waals surface area contributed by atoms with E-state index in [4.69, 9.17) is 4.74 Å². The molecule has 0 saturated carbocycles. The van der Waals surface area contributed by atoms with Crippen molar-refractivity contribution in [1.82, 2.24) is 4.90 Å². The predicted molar refractivity (Wildman–Crippen MR) is 69.2 cm³/mol. The van der Waals surface area contributed by atoms with Crippen molar-refractivity contribution in [2.24, 2.45) is 0 Å². The second kappa shape index (κ2) is 5.30. The zero-order chi connectivity index (χ0) is 14.0. The van der Waals surface area contributed by atoms with Gasteiger partial charge in [0.25, 0.3) is 0 Å². The van der Waals surface area contributed by atoms with Crippen LogP contribution in [0.2, 0.25) is 0 Å². The van der Waals surface area contributed by atoms with Gasteiger partial charge in [0.1, 0.15) is 11.8 Å². The molecule has 19 heavy (non-hydrogen) atoms. The molecule has 5 heteroatoms. The normalized spacial score (nSPS) is 22.3. The van der Waals surface area contributed by atoms with Gasteiger partial charge in [-0.3, -0.25) is 4.79 Å². The van der Waals surface area contributed by atoms with Crippen LogP contribution in [-0.2, 0) is 9.59 Å². The molecule has 1 N–H and O–H groups in total. The van der Waals surface area contributed by atoms with Crippen molar-refractivity contribution < 1.29 is 19.4 Å². The van der Waals surface area contributed by atoms with Gasteiger partial charge in [-0.25, -0.2) is 4.79 Å². The Morgan fingerprint density at radius 1 is 1.32 bits per heavy atom. The summed E-state index contributed by atoms with van der Waals surface area (Å²) in [5, 5.41) is 9.35. The van der Waals surface area contributed by atoms with Crippen molar-refractivity contribution in [2.75, 3.05) is 13.7 Å². The SMILES string of the molecule is COc1ccc(C2CCN(C(C)=O)[C@@H]2C(=O)O)cc1. The summed E-state index contributed by atoms with van der Waals surface area (Å²) < 4.78 is 5.08. The predicted octanol–water partition coefficient (Wildman–Crippen LogP) is 1.48. The molecule has 0 aliphatic carbocycles. The zero-order valence-electron chi connectivity index (χ0n) is 11.0. The van der Waals surface area contributed by atoms with Crippen LogP contribution < -0.4 is 4.74 Å². The molecule has 1 aromatic rings. The van der Waals surface area contributed by atoms with Crippen molar-refractivity contribution in [1.29, 1.82) is 0 Å². The highest BCUT2D eigenvalue weighted by Crippen LogP contribution is 2.34. The van der Waals surface area contributed by atoms with Crippen LogP contribution in [0.5, 0.6) is 5.75 Å². The topological polar surface area (TPSA) is 66.8 Å². The van der Waals surface area contributed by atoms with E-state index < -0.39 is 12.0 Å². The number of carbonyl (C=O) groups excluding carboxylic acids is 1. The third-order valence-corrected chi connectivity index (χ3v) is 3.60. The monoisotopic (exact) mass is 263 g/mol. The Labute approximate surface area is 111 Å². The van der Waals surface area contributed by atoms with E-state index in [1.54, 1.807) is 7.11 Å². The lowest BCUT2D eigenvalue weighted by Crippen LogP contribution is -2.41. The van der Waals surface area contributed by atoms with Crippen molar-refractivity contribution in [2.45, 2.75) is 25.3 Å². The van der Waals surface area contributed by atoms with E-state index in [2.05, 4.69) is 0 Å². The maximum atomic E-state index is 11.5. The van der Waals surface area contributed by atoms with Gasteiger partial charge in [-0.05, 0) is 24.1 Å². The van der Waals surface area contributed by atoms with Crippen LogP contribution >= 0.6 is 0 Å². The fourth-order valence-corrected chi connectivity index (χ4v) is 2.65. The van der Waals surface area contributed by atoms with E-state index in [0.29, 0.717) is 13.0 Å². The number of amides is 1. The quantitative estimate of drug-likeness (QED) is 0.897. The summed E-state index contributed by atoms with van der Waals surface area (Å²) in [5.41, 5.74) is 0.928. The van der Waals surface area contributed by atoms with Gasteiger partial charge < -0.3 is 14.7 Å². The van der Waals surface area contributed by atoms with Crippen LogP contribution in [0.1, 0.15) is 24.8 Å². The first-order valence-electron chi connectivity index (χ1n) is 6.18. The van der Waals surface area contributed by atoms with Crippen molar-refractivity contribution in [3.63, 3.8) is 0 Å². The second-order valence-corrected chi connectivity index (χ2v) is 4.66. The molecule has 1 amide bonds. The molecular weight excluding hydrogens is 246 g/mol. The molecule has 1 fully saturated rings. The highest BCUT2D eigenvalue weighted by molar-refractivity contribution is 5.84. The number of hydrogen-bond donors (Lipinski definition) is 1. The maximum absolute atomic E-state index is 11.5. The molecule has 0 bridgehead atoms. The summed E-state index contributed by atoms with van der Waals surface area (Å²) in [4.78, 5) is 24.3. The summed E-state index contributed by atoms with van der Waals surface area (Å²) >= 11 is 0. The lowest BCUT2D eigenvalue weighted by Gasteiger charge is -2.23. The third-order valence-electron chi connectivity index (χ3n) is 3.60. The van der Waals surface area contributed by atoms with Crippen LogP contribution in [0.25, 0.3) is 0 Å². The summed E-state index contributed by atoms with van der Waals surface area (Å²) in [5.74, 6) is -0.568. The minimum Gasteiger partial charge on any atom is -0.497 e. The molecule has 0 aromatic heterocycles. The fourth-order valence-electron chi connectivity index (χ4n) is 2.65. The first-order valence-corrected chi connectivity index (χ1v) is 6.18. The molecule has 1 heterocycles. The number of carboxylic acid groups (broad SMARTS) is 1. The van der Waals surface area contributed by atoms with E-state index in [1.165, 1.54) is 11.8 Å². The van der Waals surface area contributed by atoms with E-state index in [1.807, 2.05) is 24.3 Å². The number of ether oxygens (including phenoxy) is 1. The average Bonchev–Trinajstić information content (AvgIpc) is 2.83. The molecule has 2 atom stereocenters. The van der Waals surface area contributed by atoms with Gasteiger partial charge in [0, 0.05) is 19.4 Å². The van der Waals surface area contributed by atoms with Crippen molar-refractivity contribution in [3.05, 3.63) is 29.8 Å². The second-order valence-electron chi connectivity index (χ2n) is 4.66. The highest BCUT2D eigenvalue weighted by atomic mass is 16.5. The molecule has 1 aliphatic rings. The molecule has 5 nitrogen and oxygen atoms in total. The largest absolute Gasteiger partial charge is 0.497 e. The fraction of sp³-hybridized carbons (Fsp3) is 0.429. The van der Waals surface area contributed by atoms with Crippen LogP contribution in [0, 0.1) is 0 Å². The molecule has 1 aromatic carbocycles. The number of benzene rings is 1. The number of carboxylic acids is 1. The smallest absolute Gasteiger partial charge is 0.327 e. The Morgan fingerprint density at radius 2 is 1.95 bits per heavy atom. The van der Waals surface area contributed by atoms with E-state index in [0.717, 1.165) is 11.3 Å². The zero-order valence-corrected chi connectivity index (χ0v) is 11.0. The summed E-state index contributed by atoms with van der Waals surface area (Å²) in [7, 11) is 1.59. The van der Waals surface area contributed by atoms with Crippen LogP contribution in [-0.4, -0.2) is 41.6 Å². The first-order chi connectivity index (χ1) is 9.04. The Hall–Kier alpha value is -2.04. The van der Waals surface area contributed by atoms with E-state index in [9.17, 15) is 14.7 Å². The number of methoxy groups -OCH3 is 1. The number of nitrogens with zero attached hydrogens (tertiary/aromatic N) is 1. The van der Waals surface area contributed by atoms with Gasteiger partial charge in [0.15, 0.2) is 0 Å². The van der Waals surface area contributed by atoms with E-state index in [-0.39, 0.29) is 11.8 Å². The number of likely N-dealkylation sites (tertiary alicyclic amines) is 1. The molecule has 1 unspecified atom stereocenters. The lowest BCUT2D eigenvalue weighted by atomic mass is 9.91. The lowest BCUT2D eigenvalue weighted by molar-refractivity contribution is -0.147. The van der Waals surface area contributed by atoms with Gasteiger partial charge in [-0.1, -0.05) is 12.1 Å².